The lowest BCUT2D eigenvalue weighted by atomic mass is 10.0. The Balaban J connectivity index is 0.000000121. The molecule has 3 atom stereocenters. The van der Waals surface area contributed by atoms with Crippen molar-refractivity contribution in [3.63, 3.8) is 0 Å². The van der Waals surface area contributed by atoms with Crippen molar-refractivity contribution in [1.29, 1.82) is 0 Å². The Kier molecular flexibility index (Phi) is 17.4. The van der Waals surface area contributed by atoms with E-state index in [9.17, 15) is 0 Å². The normalized spacial score (nSPS) is 20.0. The van der Waals surface area contributed by atoms with Crippen molar-refractivity contribution < 1.29 is 0 Å². The number of H-pyrrole nitrogens is 1. The quantitative estimate of drug-likeness (QED) is 0.118. The molecule has 0 bridgehead atoms. The van der Waals surface area contributed by atoms with Gasteiger partial charge in [-0.3, -0.25) is 29.1 Å². The molecular formula is C69H83N17. The van der Waals surface area contributed by atoms with E-state index in [2.05, 4.69) is 190 Å². The molecule has 0 amide bonds. The zero-order chi connectivity index (χ0) is 58.3. The highest BCUT2D eigenvalue weighted by Crippen LogP contribution is 2.38. The van der Waals surface area contributed by atoms with Gasteiger partial charge >= 0.3 is 0 Å². The molecule has 0 radical (unpaired) electrons. The number of likely N-dealkylation sites (tertiary alicyclic amines) is 3. The number of rotatable bonds is 13. The summed E-state index contributed by atoms with van der Waals surface area (Å²) in [6.07, 6.45) is 20.9. The lowest BCUT2D eigenvalue weighted by Crippen LogP contribution is -2.45. The van der Waals surface area contributed by atoms with E-state index in [1.54, 1.807) is 0 Å². The molecule has 17 heteroatoms. The number of nitrogens with one attached hydrogen (secondary N) is 1. The standard InChI is InChI=1S/C26H31N7.C23H30N6.C20H22N4/c1-30-15-17-31(18-16-30)23-10-4-8-21-25(23)29-26(28-21)24-11-5-13-32(24)19-20-7-2-3-9-22(20)33-14-6-12-27-33;1-18-6-4-10-24-23(18)20-7-5-11-28(20)16-19-17-29-21(25-19)8-3-9-22(29)27-14-12-26(2)13-15-27;1-16-7-4-11-21-20(16)19-10-5-13-23(19)15-17-8-2-3-9-18(17)24-14-6-12-22-24/h2-4,6-10,12,14,24H,5,11,13,15-19H2,1H3,(H,28,29);3-4,6,8-10,17,20H,5,7,11-16H2,1-2H3;2-4,6-9,11-12,14,19H,5,10,13,15H2,1H3. The molecule has 5 saturated heterocycles. The van der Waals surface area contributed by atoms with E-state index in [0.29, 0.717) is 18.1 Å². The average Bonchev–Trinajstić information content (AvgIpc) is 3.58. The third-order valence-corrected chi connectivity index (χ3v) is 18.4. The van der Waals surface area contributed by atoms with Gasteiger partial charge in [0.25, 0.3) is 0 Å². The number of benzene rings is 3. The summed E-state index contributed by atoms with van der Waals surface area (Å²) in [7, 11) is 4.40. The highest BCUT2D eigenvalue weighted by molar-refractivity contribution is 5.89. The van der Waals surface area contributed by atoms with Gasteiger partial charge in [0, 0.05) is 115 Å². The maximum atomic E-state index is 5.18. The molecule has 3 unspecified atom stereocenters. The van der Waals surface area contributed by atoms with Crippen molar-refractivity contribution in [2.24, 2.45) is 0 Å². The molecule has 5 aliphatic rings. The van der Waals surface area contributed by atoms with Crippen LogP contribution in [0.15, 0.2) is 165 Å². The van der Waals surface area contributed by atoms with Crippen LogP contribution in [0.5, 0.6) is 0 Å². The number of aromatic amines is 1. The third-order valence-electron chi connectivity index (χ3n) is 18.4. The molecule has 1 N–H and O–H groups in total. The van der Waals surface area contributed by atoms with E-state index in [4.69, 9.17) is 15.0 Å². The fourth-order valence-electron chi connectivity index (χ4n) is 13.8. The van der Waals surface area contributed by atoms with E-state index < -0.39 is 0 Å². The second-order valence-corrected chi connectivity index (χ2v) is 24.2. The summed E-state index contributed by atoms with van der Waals surface area (Å²) >= 11 is 0. The van der Waals surface area contributed by atoms with Gasteiger partial charge in [-0.2, -0.15) is 10.2 Å². The van der Waals surface area contributed by atoms with Crippen LogP contribution in [0.4, 0.5) is 11.5 Å². The molecule has 5 fully saturated rings. The number of aryl methyl sites for hydroxylation is 2. The Bertz CT molecular complexity index is 3800. The van der Waals surface area contributed by atoms with Gasteiger partial charge in [-0.25, -0.2) is 19.3 Å². The molecule has 0 spiro atoms. The topological polar surface area (TPSA) is 130 Å². The first-order chi connectivity index (χ1) is 42.3. The Morgan fingerprint density at radius 2 is 0.988 bits per heavy atom. The minimum atomic E-state index is 0.309. The summed E-state index contributed by atoms with van der Waals surface area (Å²) in [5.41, 5.74) is 15.6. The molecule has 3 aromatic carbocycles. The van der Waals surface area contributed by atoms with Crippen LogP contribution in [0, 0.1) is 13.8 Å². The largest absolute Gasteiger partial charge is 0.367 e. The zero-order valence-corrected chi connectivity index (χ0v) is 50.6. The summed E-state index contributed by atoms with van der Waals surface area (Å²) < 4.78 is 6.19. The maximum Gasteiger partial charge on any atom is 0.138 e. The molecule has 0 saturated carbocycles. The predicted octanol–water partition coefficient (Wildman–Crippen LogP) is 10.9. The van der Waals surface area contributed by atoms with Crippen LogP contribution >= 0.6 is 0 Å². The van der Waals surface area contributed by atoms with Crippen molar-refractivity contribution in [2.45, 2.75) is 90.1 Å². The summed E-state index contributed by atoms with van der Waals surface area (Å²) in [5.74, 6) is 2.36. The summed E-state index contributed by atoms with van der Waals surface area (Å²) in [5, 5.41) is 8.86. The second-order valence-electron chi connectivity index (χ2n) is 24.2. The number of imidazole rings is 2. The summed E-state index contributed by atoms with van der Waals surface area (Å²) in [6, 6.07) is 43.6. The number of nitrogens with zero attached hydrogens (tertiary/aromatic N) is 16. The molecule has 17 nitrogen and oxygen atoms in total. The lowest BCUT2D eigenvalue weighted by molar-refractivity contribution is 0.241. The van der Waals surface area contributed by atoms with Crippen LogP contribution < -0.4 is 9.80 Å². The van der Waals surface area contributed by atoms with Crippen LogP contribution in [-0.2, 0) is 19.6 Å². The SMILES string of the molecule is CN1CCN(c2cccc3[nH]c(C4CCCN4Cc4ccccc4-n4cccn4)nc23)CC1.Cc1cccnc1C1CCCN1Cc1ccccc1-n1cccn1.Cc1cccnc1C1CCCN1Cc1cn2c(N3CCN(C)CC3)cccc2n1. The van der Waals surface area contributed by atoms with E-state index in [1.807, 2.05) is 70.8 Å². The number of piperazine rings is 2. The van der Waals surface area contributed by atoms with Gasteiger partial charge in [0.2, 0.25) is 0 Å². The number of hydrogen-bond donors (Lipinski definition) is 1. The highest BCUT2D eigenvalue weighted by Gasteiger charge is 2.32. The molecule has 12 heterocycles. The van der Waals surface area contributed by atoms with Crippen molar-refractivity contribution in [3.05, 3.63) is 210 Å². The van der Waals surface area contributed by atoms with Gasteiger partial charge in [-0.1, -0.05) is 60.7 Å². The summed E-state index contributed by atoms with van der Waals surface area (Å²) in [4.78, 5) is 40.6. The van der Waals surface area contributed by atoms with Crippen LogP contribution in [-0.4, -0.2) is 159 Å². The average molecular weight is 1150 g/mol. The van der Waals surface area contributed by atoms with Gasteiger partial charge in [0.15, 0.2) is 0 Å². The zero-order valence-electron chi connectivity index (χ0n) is 50.6. The first-order valence-electron chi connectivity index (χ1n) is 31.3. The molecule has 7 aromatic heterocycles. The second kappa shape index (κ2) is 26.3. The summed E-state index contributed by atoms with van der Waals surface area (Å²) in [6.45, 7) is 19.0. The van der Waals surface area contributed by atoms with Crippen molar-refractivity contribution in [3.8, 4) is 11.4 Å². The molecule has 86 heavy (non-hydrogen) atoms. The van der Waals surface area contributed by atoms with E-state index >= 15 is 0 Å². The molecular weight excluding hydrogens is 1070 g/mol. The van der Waals surface area contributed by atoms with Gasteiger partial charge < -0.3 is 24.6 Å². The maximum absolute atomic E-state index is 5.18. The fourth-order valence-corrected chi connectivity index (χ4v) is 13.8. The molecule has 444 valence electrons. The minimum absolute atomic E-state index is 0.309. The number of anilines is 2. The molecule has 10 aromatic rings. The van der Waals surface area contributed by atoms with E-state index in [0.717, 1.165) is 138 Å². The molecule has 0 aliphatic carbocycles. The minimum Gasteiger partial charge on any atom is -0.367 e. The van der Waals surface area contributed by atoms with E-state index in [1.165, 1.54) is 77.3 Å². The number of aromatic nitrogens is 10. The number of para-hydroxylation sites is 3. The Morgan fingerprint density at radius 3 is 1.56 bits per heavy atom. The van der Waals surface area contributed by atoms with Crippen LogP contribution in [0.3, 0.4) is 0 Å². The van der Waals surface area contributed by atoms with E-state index in [-0.39, 0.29) is 0 Å². The van der Waals surface area contributed by atoms with Crippen molar-refractivity contribution in [1.82, 2.24) is 73.4 Å². The van der Waals surface area contributed by atoms with Crippen molar-refractivity contribution in [2.75, 3.05) is 95.9 Å². The number of hydrogen-bond acceptors (Lipinski definition) is 13. The Hall–Kier alpha value is -8.06. The Morgan fingerprint density at radius 1 is 0.465 bits per heavy atom. The highest BCUT2D eigenvalue weighted by atomic mass is 15.3. The third kappa shape index (κ3) is 12.6. The predicted molar refractivity (Wildman–Crippen MR) is 343 cm³/mol. The number of pyridine rings is 3. The van der Waals surface area contributed by atoms with Gasteiger partial charge in [-0.15, -0.1) is 0 Å². The van der Waals surface area contributed by atoms with Crippen LogP contribution in [0.25, 0.3) is 28.1 Å². The van der Waals surface area contributed by atoms with Gasteiger partial charge in [0.1, 0.15) is 22.8 Å². The monoisotopic (exact) mass is 1150 g/mol. The number of fused-ring (bicyclic) bond motifs is 2. The first-order valence-corrected chi connectivity index (χ1v) is 31.3. The van der Waals surface area contributed by atoms with Crippen molar-refractivity contribution >= 4 is 28.2 Å². The van der Waals surface area contributed by atoms with Crippen LogP contribution in [0.1, 0.15) is 102 Å². The number of likely N-dealkylation sites (N-methyl/N-ethyl adjacent to an activating group) is 2. The lowest BCUT2D eigenvalue weighted by Gasteiger charge is -2.34. The Labute approximate surface area is 506 Å². The fraction of sp³-hybridized carbons (Fsp3) is 0.391. The smallest absolute Gasteiger partial charge is 0.138 e. The first kappa shape index (κ1) is 57.0. The van der Waals surface area contributed by atoms with Crippen LogP contribution in [0.2, 0.25) is 0 Å². The van der Waals surface area contributed by atoms with Gasteiger partial charge in [0.05, 0.1) is 57.8 Å². The molecule has 15 rings (SSSR count). The molecule has 5 aliphatic heterocycles. The van der Waals surface area contributed by atoms with Gasteiger partial charge in [-0.05, 0) is 169 Å².